The van der Waals surface area contributed by atoms with Gasteiger partial charge >= 0.3 is 0 Å². The number of aliphatic imine (C=N–C) groups is 1. The Balaban J connectivity index is 2.25. The second-order valence-electron chi connectivity index (χ2n) is 4.77. The van der Waals surface area contributed by atoms with Crippen molar-refractivity contribution in [1.29, 1.82) is 0 Å². The fourth-order valence-corrected chi connectivity index (χ4v) is 1.86. The van der Waals surface area contributed by atoms with E-state index in [9.17, 15) is 5.11 Å². The second kappa shape index (κ2) is 5.23. The van der Waals surface area contributed by atoms with Gasteiger partial charge in [0.15, 0.2) is 5.88 Å². The van der Waals surface area contributed by atoms with Crippen LogP contribution in [0.5, 0.6) is 5.88 Å². The van der Waals surface area contributed by atoms with Crippen molar-refractivity contribution in [3.8, 4) is 5.88 Å². The molecule has 0 saturated carbocycles. The van der Waals surface area contributed by atoms with Gasteiger partial charge in [-0.3, -0.25) is 4.99 Å². The SMILES string of the molecule is Cc1ccc2c(C=NCCN(C)C)c(O)[nH]c2c1. The lowest BCUT2D eigenvalue weighted by molar-refractivity contribution is 0.421. The molecule has 2 aromatic rings. The quantitative estimate of drug-likeness (QED) is 0.811. The smallest absolute Gasteiger partial charge is 0.198 e. The van der Waals surface area contributed by atoms with E-state index in [1.54, 1.807) is 6.21 Å². The number of aryl methyl sites for hydroxylation is 1. The van der Waals surface area contributed by atoms with Gasteiger partial charge in [-0.05, 0) is 32.6 Å². The van der Waals surface area contributed by atoms with Crippen molar-refractivity contribution in [2.75, 3.05) is 27.2 Å². The van der Waals surface area contributed by atoms with E-state index in [0.29, 0.717) is 0 Å². The molecule has 1 aromatic heterocycles. The molecule has 1 aromatic carbocycles. The molecular weight excluding hydrogens is 226 g/mol. The molecule has 0 spiro atoms. The summed E-state index contributed by atoms with van der Waals surface area (Å²) >= 11 is 0. The van der Waals surface area contributed by atoms with Crippen LogP contribution in [-0.4, -0.2) is 48.4 Å². The molecule has 0 aliphatic carbocycles. The number of nitrogens with zero attached hydrogens (tertiary/aromatic N) is 2. The van der Waals surface area contributed by atoms with Crippen molar-refractivity contribution in [2.24, 2.45) is 4.99 Å². The molecule has 2 N–H and O–H groups in total. The highest BCUT2D eigenvalue weighted by Crippen LogP contribution is 2.26. The van der Waals surface area contributed by atoms with E-state index in [1.807, 2.05) is 39.2 Å². The van der Waals surface area contributed by atoms with E-state index in [2.05, 4.69) is 14.9 Å². The average molecular weight is 245 g/mol. The summed E-state index contributed by atoms with van der Waals surface area (Å²) in [5.74, 6) is 0.184. The first kappa shape index (κ1) is 12.6. The van der Waals surface area contributed by atoms with Gasteiger partial charge in [-0.1, -0.05) is 12.1 Å². The van der Waals surface area contributed by atoms with Crippen LogP contribution in [0.15, 0.2) is 23.2 Å². The normalized spacial score (nSPS) is 12.0. The number of rotatable bonds is 4. The van der Waals surface area contributed by atoms with Gasteiger partial charge < -0.3 is 15.0 Å². The maximum atomic E-state index is 9.88. The molecule has 0 saturated heterocycles. The molecule has 96 valence electrons. The van der Waals surface area contributed by atoms with Gasteiger partial charge in [0, 0.05) is 23.7 Å². The topological polar surface area (TPSA) is 51.6 Å². The first-order valence-corrected chi connectivity index (χ1v) is 6.04. The number of hydrogen-bond donors (Lipinski definition) is 2. The maximum Gasteiger partial charge on any atom is 0.198 e. The summed E-state index contributed by atoms with van der Waals surface area (Å²) in [7, 11) is 4.03. The molecule has 1 heterocycles. The molecule has 0 radical (unpaired) electrons. The van der Waals surface area contributed by atoms with Crippen LogP contribution in [0.2, 0.25) is 0 Å². The number of likely N-dealkylation sites (N-methyl/N-ethyl adjacent to an activating group) is 1. The molecule has 0 aliphatic rings. The van der Waals surface area contributed by atoms with E-state index in [-0.39, 0.29) is 5.88 Å². The third kappa shape index (κ3) is 2.71. The lowest BCUT2D eigenvalue weighted by Gasteiger charge is -2.05. The van der Waals surface area contributed by atoms with Crippen LogP contribution in [0.25, 0.3) is 10.9 Å². The Morgan fingerprint density at radius 3 is 2.89 bits per heavy atom. The van der Waals surface area contributed by atoms with E-state index in [0.717, 1.165) is 29.6 Å². The summed E-state index contributed by atoms with van der Waals surface area (Å²) < 4.78 is 0. The fraction of sp³-hybridized carbons (Fsp3) is 0.357. The van der Waals surface area contributed by atoms with Crippen LogP contribution in [0.1, 0.15) is 11.1 Å². The number of aromatic nitrogens is 1. The minimum atomic E-state index is 0.184. The minimum absolute atomic E-state index is 0.184. The van der Waals surface area contributed by atoms with Gasteiger partial charge in [0.1, 0.15) is 0 Å². The number of benzene rings is 1. The third-order valence-electron chi connectivity index (χ3n) is 2.87. The Bertz CT molecular complexity index is 570. The van der Waals surface area contributed by atoms with Crippen molar-refractivity contribution < 1.29 is 5.11 Å². The van der Waals surface area contributed by atoms with Crippen LogP contribution in [-0.2, 0) is 0 Å². The van der Waals surface area contributed by atoms with E-state index >= 15 is 0 Å². The van der Waals surface area contributed by atoms with Crippen LogP contribution < -0.4 is 0 Å². The van der Waals surface area contributed by atoms with Crippen molar-refractivity contribution in [2.45, 2.75) is 6.92 Å². The van der Waals surface area contributed by atoms with Crippen LogP contribution >= 0.6 is 0 Å². The Labute approximate surface area is 107 Å². The summed E-state index contributed by atoms with van der Waals surface area (Å²) in [5.41, 5.74) is 2.88. The van der Waals surface area contributed by atoms with E-state index in [1.165, 1.54) is 5.56 Å². The highest BCUT2D eigenvalue weighted by molar-refractivity contribution is 6.02. The van der Waals surface area contributed by atoms with Crippen molar-refractivity contribution in [3.63, 3.8) is 0 Å². The second-order valence-corrected chi connectivity index (χ2v) is 4.77. The first-order valence-electron chi connectivity index (χ1n) is 6.04. The zero-order chi connectivity index (χ0) is 13.1. The van der Waals surface area contributed by atoms with Gasteiger partial charge in [-0.2, -0.15) is 0 Å². The molecule has 4 nitrogen and oxygen atoms in total. The molecule has 0 unspecified atom stereocenters. The van der Waals surface area contributed by atoms with Gasteiger partial charge in [0.05, 0.1) is 12.1 Å². The van der Waals surface area contributed by atoms with Crippen LogP contribution in [0, 0.1) is 6.92 Å². The maximum absolute atomic E-state index is 9.88. The lowest BCUT2D eigenvalue weighted by Crippen LogP contribution is -2.15. The lowest BCUT2D eigenvalue weighted by atomic mass is 10.1. The van der Waals surface area contributed by atoms with Gasteiger partial charge in [0.25, 0.3) is 0 Å². The van der Waals surface area contributed by atoms with E-state index in [4.69, 9.17) is 0 Å². The monoisotopic (exact) mass is 245 g/mol. The molecular formula is C14H19N3O. The molecule has 4 heteroatoms. The standard InChI is InChI=1S/C14H19N3O/c1-10-4-5-11-12(9-15-6-7-17(2)3)14(18)16-13(11)8-10/h4-5,8-9,16,18H,6-7H2,1-3H3. The highest BCUT2D eigenvalue weighted by atomic mass is 16.3. The van der Waals surface area contributed by atoms with Crippen molar-refractivity contribution in [3.05, 3.63) is 29.3 Å². The Kier molecular flexibility index (Phi) is 3.67. The minimum Gasteiger partial charge on any atom is -0.494 e. The first-order chi connectivity index (χ1) is 8.58. The van der Waals surface area contributed by atoms with Crippen molar-refractivity contribution in [1.82, 2.24) is 9.88 Å². The van der Waals surface area contributed by atoms with Crippen LogP contribution in [0.4, 0.5) is 0 Å². The predicted molar refractivity (Wildman–Crippen MR) is 75.7 cm³/mol. The summed E-state index contributed by atoms with van der Waals surface area (Å²) in [6, 6.07) is 6.06. The molecule has 0 bridgehead atoms. The Hall–Kier alpha value is -1.81. The fourth-order valence-electron chi connectivity index (χ4n) is 1.86. The molecule has 0 atom stereocenters. The zero-order valence-corrected chi connectivity index (χ0v) is 11.1. The van der Waals surface area contributed by atoms with E-state index < -0.39 is 0 Å². The highest BCUT2D eigenvalue weighted by Gasteiger charge is 2.08. The number of aromatic amines is 1. The largest absolute Gasteiger partial charge is 0.494 e. The summed E-state index contributed by atoms with van der Waals surface area (Å²) in [5, 5.41) is 10.9. The predicted octanol–water partition coefficient (Wildman–Crippen LogP) is 2.16. The summed E-state index contributed by atoms with van der Waals surface area (Å²) in [4.78, 5) is 9.39. The molecule has 0 amide bonds. The average Bonchev–Trinajstić information content (AvgIpc) is 2.59. The number of aromatic hydroxyl groups is 1. The molecule has 2 rings (SSSR count). The molecule has 18 heavy (non-hydrogen) atoms. The Morgan fingerprint density at radius 2 is 2.17 bits per heavy atom. The number of H-pyrrole nitrogens is 1. The number of nitrogens with one attached hydrogen (secondary N) is 1. The molecule has 0 fully saturated rings. The summed E-state index contributed by atoms with van der Waals surface area (Å²) in [6.07, 6.45) is 1.74. The van der Waals surface area contributed by atoms with Gasteiger partial charge in [-0.15, -0.1) is 0 Å². The summed E-state index contributed by atoms with van der Waals surface area (Å²) in [6.45, 7) is 3.66. The van der Waals surface area contributed by atoms with Crippen LogP contribution in [0.3, 0.4) is 0 Å². The third-order valence-corrected chi connectivity index (χ3v) is 2.87. The number of fused-ring (bicyclic) bond motifs is 1. The van der Waals surface area contributed by atoms with Gasteiger partial charge in [-0.25, -0.2) is 0 Å². The number of hydrogen-bond acceptors (Lipinski definition) is 3. The van der Waals surface area contributed by atoms with Gasteiger partial charge in [0.2, 0.25) is 0 Å². The molecule has 0 aliphatic heterocycles. The zero-order valence-electron chi connectivity index (χ0n) is 11.1. The Morgan fingerprint density at radius 1 is 1.39 bits per heavy atom. The van der Waals surface area contributed by atoms with Crippen molar-refractivity contribution >= 4 is 17.1 Å².